The van der Waals surface area contributed by atoms with Crippen LogP contribution in [0.4, 0.5) is 0 Å². The minimum absolute atomic E-state index is 0.642. The second kappa shape index (κ2) is 12.1. The summed E-state index contributed by atoms with van der Waals surface area (Å²) in [6.45, 7) is 0. The van der Waals surface area contributed by atoms with Crippen molar-refractivity contribution in [3.8, 4) is 45.5 Å². The summed E-state index contributed by atoms with van der Waals surface area (Å²) in [6.07, 6.45) is 0. The van der Waals surface area contributed by atoms with Gasteiger partial charge in [-0.25, -0.2) is 15.0 Å². The van der Waals surface area contributed by atoms with Gasteiger partial charge in [0.05, 0.1) is 22.1 Å². The summed E-state index contributed by atoms with van der Waals surface area (Å²) < 4.78 is 4.84. The van der Waals surface area contributed by atoms with E-state index in [4.69, 9.17) is 15.0 Å². The van der Waals surface area contributed by atoms with E-state index in [1.54, 1.807) is 0 Å². The molecule has 0 aliphatic rings. The van der Waals surface area contributed by atoms with E-state index < -0.39 is 0 Å². The van der Waals surface area contributed by atoms with Crippen LogP contribution in [0.15, 0.2) is 188 Å². The number of hydrogen-bond donors (Lipinski definition) is 0. The minimum atomic E-state index is 0.642. The van der Waals surface area contributed by atoms with Crippen molar-refractivity contribution in [1.29, 1.82) is 0 Å². The second-order valence-corrected chi connectivity index (χ2v) is 13.7. The van der Waals surface area contributed by atoms with Gasteiger partial charge in [-0.1, -0.05) is 140 Å². The zero-order valence-corrected chi connectivity index (χ0v) is 29.1. The zero-order valence-electron chi connectivity index (χ0n) is 29.1. The lowest BCUT2D eigenvalue weighted by atomic mass is 10.1. The molecule has 3 heterocycles. The van der Waals surface area contributed by atoms with Crippen LogP contribution in [-0.2, 0) is 0 Å². The first-order valence-electron chi connectivity index (χ1n) is 18.2. The molecule has 0 bridgehead atoms. The highest BCUT2D eigenvalue weighted by molar-refractivity contribution is 6.26. The van der Waals surface area contributed by atoms with Gasteiger partial charge in [0, 0.05) is 49.6 Å². The molecule has 0 saturated heterocycles. The average molecular weight is 690 g/mol. The van der Waals surface area contributed by atoms with E-state index in [2.05, 4.69) is 137 Å². The van der Waals surface area contributed by atoms with Crippen molar-refractivity contribution in [3.05, 3.63) is 188 Å². The molecule has 0 aliphatic carbocycles. The third kappa shape index (κ3) is 4.76. The van der Waals surface area contributed by atoms with Gasteiger partial charge in [0.25, 0.3) is 0 Å². The van der Waals surface area contributed by atoms with Crippen LogP contribution in [0.3, 0.4) is 0 Å². The normalized spacial score (nSPS) is 11.7. The molecule has 54 heavy (non-hydrogen) atoms. The predicted octanol–water partition coefficient (Wildman–Crippen LogP) is 12.2. The monoisotopic (exact) mass is 689 g/mol. The van der Waals surface area contributed by atoms with Crippen molar-refractivity contribution < 1.29 is 0 Å². The molecule has 0 aliphatic heterocycles. The van der Waals surface area contributed by atoms with Crippen LogP contribution in [0.2, 0.25) is 0 Å². The van der Waals surface area contributed by atoms with Crippen LogP contribution in [0.25, 0.3) is 99.9 Å². The lowest BCUT2D eigenvalue weighted by Crippen LogP contribution is -2.00. The van der Waals surface area contributed by atoms with E-state index in [1.807, 2.05) is 60.7 Å². The van der Waals surface area contributed by atoms with E-state index in [9.17, 15) is 0 Å². The molecule has 11 rings (SSSR count). The molecule has 0 amide bonds. The summed E-state index contributed by atoms with van der Waals surface area (Å²) in [5.41, 5.74) is 9.83. The third-order valence-electron chi connectivity index (χ3n) is 10.5. The molecule has 11 aromatic rings. The summed E-state index contributed by atoms with van der Waals surface area (Å²) in [6, 6.07) is 66.3. The Hall–Kier alpha value is -7.37. The molecule has 0 radical (unpaired) electrons. The fourth-order valence-electron chi connectivity index (χ4n) is 8.08. The minimum Gasteiger partial charge on any atom is -0.309 e. The molecular formula is C49H31N5. The highest BCUT2D eigenvalue weighted by Crippen LogP contribution is 2.42. The Labute approximate surface area is 311 Å². The van der Waals surface area contributed by atoms with Gasteiger partial charge < -0.3 is 9.13 Å². The van der Waals surface area contributed by atoms with Crippen LogP contribution < -0.4 is 0 Å². The Morgan fingerprint density at radius 3 is 1.56 bits per heavy atom. The molecule has 8 aromatic carbocycles. The maximum Gasteiger partial charge on any atom is 0.164 e. The lowest BCUT2D eigenvalue weighted by Gasteiger charge is -2.12. The van der Waals surface area contributed by atoms with E-state index in [0.717, 1.165) is 49.9 Å². The molecule has 0 spiro atoms. The first-order valence-corrected chi connectivity index (χ1v) is 18.2. The summed E-state index contributed by atoms with van der Waals surface area (Å²) >= 11 is 0. The molecule has 3 aromatic heterocycles. The van der Waals surface area contributed by atoms with Crippen molar-refractivity contribution >= 4 is 54.4 Å². The Balaban J connectivity index is 1.13. The van der Waals surface area contributed by atoms with E-state index in [-0.39, 0.29) is 0 Å². The molecule has 0 fully saturated rings. The lowest BCUT2D eigenvalue weighted by molar-refractivity contribution is 1.07. The van der Waals surface area contributed by atoms with Crippen molar-refractivity contribution in [3.63, 3.8) is 0 Å². The highest BCUT2D eigenvalue weighted by Gasteiger charge is 2.21. The van der Waals surface area contributed by atoms with E-state index >= 15 is 0 Å². The van der Waals surface area contributed by atoms with Crippen molar-refractivity contribution in [2.45, 2.75) is 0 Å². The van der Waals surface area contributed by atoms with Crippen LogP contribution in [0.1, 0.15) is 0 Å². The number of para-hydroxylation sites is 3. The maximum atomic E-state index is 5.01. The summed E-state index contributed by atoms with van der Waals surface area (Å²) in [7, 11) is 0. The zero-order chi connectivity index (χ0) is 35.6. The van der Waals surface area contributed by atoms with Gasteiger partial charge in [-0.15, -0.1) is 0 Å². The standard InChI is InChI=1S/C49H31N5/c1-4-14-33(15-5-1)47-50-48(34-16-6-2-7-17-34)52-49(51-47)35-25-24-32-26-27-38(31-36(32)30-35)53-43-23-13-11-21-41(43)45-44(53)29-28-40-39-20-10-12-22-42(39)54(46(40)45)37-18-8-3-9-19-37/h1-31H. The van der Waals surface area contributed by atoms with E-state index in [0.29, 0.717) is 17.5 Å². The summed E-state index contributed by atoms with van der Waals surface area (Å²) in [5, 5.41) is 7.21. The number of hydrogen-bond acceptors (Lipinski definition) is 3. The largest absolute Gasteiger partial charge is 0.309 e. The second-order valence-electron chi connectivity index (χ2n) is 13.7. The predicted molar refractivity (Wildman–Crippen MR) is 222 cm³/mol. The number of nitrogens with zero attached hydrogens (tertiary/aromatic N) is 5. The molecule has 5 heteroatoms. The van der Waals surface area contributed by atoms with Gasteiger partial charge in [0.2, 0.25) is 0 Å². The highest BCUT2D eigenvalue weighted by atomic mass is 15.0. The number of fused-ring (bicyclic) bond motifs is 8. The molecule has 0 N–H and O–H groups in total. The Bertz CT molecular complexity index is 3140. The molecule has 0 atom stereocenters. The van der Waals surface area contributed by atoms with Crippen LogP contribution >= 0.6 is 0 Å². The smallest absolute Gasteiger partial charge is 0.164 e. The summed E-state index contributed by atoms with van der Waals surface area (Å²) in [4.78, 5) is 14.9. The van der Waals surface area contributed by atoms with Gasteiger partial charge in [-0.05, 0) is 59.3 Å². The topological polar surface area (TPSA) is 48.5 Å². The van der Waals surface area contributed by atoms with Gasteiger partial charge in [0.15, 0.2) is 17.5 Å². The third-order valence-corrected chi connectivity index (χ3v) is 10.5. The summed E-state index contributed by atoms with van der Waals surface area (Å²) in [5.74, 6) is 1.94. The first kappa shape index (κ1) is 30.3. The first-order chi connectivity index (χ1) is 26.8. The molecule has 0 unspecified atom stereocenters. The van der Waals surface area contributed by atoms with Crippen LogP contribution in [0, 0.1) is 0 Å². The van der Waals surface area contributed by atoms with Crippen LogP contribution in [0.5, 0.6) is 0 Å². The van der Waals surface area contributed by atoms with Gasteiger partial charge in [-0.2, -0.15) is 0 Å². The quantitative estimate of drug-likeness (QED) is 0.181. The molecule has 252 valence electrons. The Morgan fingerprint density at radius 1 is 0.315 bits per heavy atom. The SMILES string of the molecule is c1ccc(-c2nc(-c3ccccc3)nc(-c3ccc4ccc(-n5c6ccccc6c6c5ccc5c7ccccc7n(-c7ccccc7)c56)cc4c3)n2)cc1. The fraction of sp³-hybridized carbons (Fsp3) is 0. The van der Waals surface area contributed by atoms with Gasteiger partial charge in [-0.3, -0.25) is 0 Å². The van der Waals surface area contributed by atoms with Crippen molar-refractivity contribution in [2.75, 3.05) is 0 Å². The average Bonchev–Trinajstić information content (AvgIpc) is 3.77. The van der Waals surface area contributed by atoms with E-state index in [1.165, 1.54) is 32.6 Å². The van der Waals surface area contributed by atoms with Crippen molar-refractivity contribution in [1.82, 2.24) is 24.1 Å². The van der Waals surface area contributed by atoms with Gasteiger partial charge >= 0.3 is 0 Å². The molecule has 5 nitrogen and oxygen atoms in total. The number of aromatic nitrogens is 5. The van der Waals surface area contributed by atoms with Crippen molar-refractivity contribution in [2.24, 2.45) is 0 Å². The molecule has 0 saturated carbocycles. The number of rotatable bonds is 5. The van der Waals surface area contributed by atoms with Crippen LogP contribution in [-0.4, -0.2) is 24.1 Å². The Morgan fingerprint density at radius 2 is 0.870 bits per heavy atom. The number of benzene rings is 8. The Kier molecular flexibility index (Phi) is 6.79. The van der Waals surface area contributed by atoms with Gasteiger partial charge in [0.1, 0.15) is 0 Å². The fourth-order valence-corrected chi connectivity index (χ4v) is 8.08. The maximum absolute atomic E-state index is 5.01. The molecular weight excluding hydrogens is 659 g/mol.